The van der Waals surface area contributed by atoms with Crippen LogP contribution in [0.3, 0.4) is 0 Å². The van der Waals surface area contributed by atoms with Gasteiger partial charge in [0.1, 0.15) is 0 Å². The van der Waals surface area contributed by atoms with E-state index in [1.165, 1.54) is 6.42 Å². The maximum Gasteiger partial charge on any atom is 0.206 e. The van der Waals surface area contributed by atoms with Crippen LogP contribution in [0.1, 0.15) is 40.0 Å². The molecule has 0 aliphatic heterocycles. The quantitative estimate of drug-likeness (QED) is 0.298. The van der Waals surface area contributed by atoms with Crippen molar-refractivity contribution in [1.29, 1.82) is 0 Å². The van der Waals surface area contributed by atoms with Crippen LogP contribution in [0.4, 0.5) is 0 Å². The number of nitrogens with two attached hydrogens (primary N) is 1. The number of rotatable bonds is 4. The smallest absolute Gasteiger partial charge is 0.206 e. The summed E-state index contributed by atoms with van der Waals surface area (Å²) in [5.74, 6) is 6.14. The highest BCUT2D eigenvalue weighted by Gasteiger charge is 2.30. The molecule has 2 unspecified atom stereocenters. The highest BCUT2D eigenvalue weighted by atomic mass is 16.5. The average molecular weight is 242 g/mol. The van der Waals surface area contributed by atoms with Gasteiger partial charge in [0.25, 0.3) is 0 Å². The Morgan fingerprint density at radius 1 is 1.59 bits per heavy atom. The summed E-state index contributed by atoms with van der Waals surface area (Å²) in [6.07, 6.45) is 3.49. The number of nitrogens with one attached hydrogen (secondary N) is 2. The fourth-order valence-corrected chi connectivity index (χ4v) is 2.33. The Morgan fingerprint density at radius 3 is 2.76 bits per heavy atom. The van der Waals surface area contributed by atoms with Crippen LogP contribution in [0, 0.1) is 5.41 Å². The van der Waals surface area contributed by atoms with Crippen molar-refractivity contribution in [2.75, 3.05) is 13.7 Å². The maximum absolute atomic E-state index is 5.48. The molecule has 1 saturated carbocycles. The van der Waals surface area contributed by atoms with Crippen molar-refractivity contribution in [3.8, 4) is 0 Å². The lowest BCUT2D eigenvalue weighted by atomic mass is 9.92. The number of guanidine groups is 1. The molecule has 100 valence electrons. The van der Waals surface area contributed by atoms with Gasteiger partial charge in [-0.15, -0.1) is 0 Å². The molecule has 0 aromatic carbocycles. The third-order valence-electron chi connectivity index (χ3n) is 3.19. The largest absolute Gasteiger partial charge is 0.383 e. The molecule has 1 aliphatic rings. The third kappa shape index (κ3) is 4.91. The monoisotopic (exact) mass is 242 g/mol. The summed E-state index contributed by atoms with van der Waals surface area (Å²) in [7, 11) is 1.68. The van der Waals surface area contributed by atoms with Crippen molar-refractivity contribution in [3.63, 3.8) is 0 Å². The molecular weight excluding hydrogens is 216 g/mol. The van der Waals surface area contributed by atoms with Gasteiger partial charge in [0.15, 0.2) is 0 Å². The summed E-state index contributed by atoms with van der Waals surface area (Å²) in [6, 6.07) is 0.572. The van der Waals surface area contributed by atoms with Gasteiger partial charge in [0.2, 0.25) is 5.96 Å². The van der Waals surface area contributed by atoms with Crippen LogP contribution >= 0.6 is 0 Å². The first-order chi connectivity index (χ1) is 7.96. The minimum Gasteiger partial charge on any atom is -0.383 e. The summed E-state index contributed by atoms with van der Waals surface area (Å²) in [5.41, 5.74) is 3.04. The van der Waals surface area contributed by atoms with Crippen LogP contribution < -0.4 is 16.6 Å². The summed E-state index contributed by atoms with van der Waals surface area (Å²) < 4.78 is 5.07. The van der Waals surface area contributed by atoms with Crippen LogP contribution in [0.5, 0.6) is 0 Å². The van der Waals surface area contributed by atoms with Crippen LogP contribution in [-0.4, -0.2) is 31.8 Å². The molecule has 17 heavy (non-hydrogen) atoms. The lowest BCUT2D eigenvalue weighted by molar-refractivity contribution is 0.179. The third-order valence-corrected chi connectivity index (χ3v) is 3.19. The van der Waals surface area contributed by atoms with E-state index in [2.05, 4.69) is 29.6 Å². The molecule has 4 N–H and O–H groups in total. The van der Waals surface area contributed by atoms with E-state index < -0.39 is 0 Å². The van der Waals surface area contributed by atoms with Gasteiger partial charge in [0.05, 0.1) is 12.6 Å². The van der Waals surface area contributed by atoms with Gasteiger partial charge >= 0.3 is 0 Å². The van der Waals surface area contributed by atoms with Gasteiger partial charge < -0.3 is 10.1 Å². The van der Waals surface area contributed by atoms with Crippen molar-refractivity contribution in [3.05, 3.63) is 0 Å². The van der Waals surface area contributed by atoms with E-state index in [1.54, 1.807) is 7.11 Å². The molecule has 0 amide bonds. The number of hydrogen-bond acceptors (Lipinski definition) is 3. The Bertz CT molecular complexity index is 265. The van der Waals surface area contributed by atoms with Gasteiger partial charge in [0, 0.05) is 13.2 Å². The van der Waals surface area contributed by atoms with Gasteiger partial charge in [-0.2, -0.15) is 0 Å². The lowest BCUT2D eigenvalue weighted by Gasteiger charge is -2.18. The number of ether oxygens (including phenoxy) is 1. The fraction of sp³-hybridized carbons (Fsp3) is 0.917. The molecule has 1 aliphatic carbocycles. The summed E-state index contributed by atoms with van der Waals surface area (Å²) in [5, 5.41) is 3.21. The molecule has 0 aromatic heterocycles. The van der Waals surface area contributed by atoms with E-state index in [-0.39, 0.29) is 6.04 Å². The number of methoxy groups -OCH3 is 1. The van der Waals surface area contributed by atoms with Crippen molar-refractivity contribution in [2.24, 2.45) is 16.3 Å². The van der Waals surface area contributed by atoms with E-state index in [4.69, 9.17) is 10.6 Å². The van der Waals surface area contributed by atoms with E-state index in [0.29, 0.717) is 24.0 Å². The minimum absolute atomic E-state index is 0.198. The first-order valence-corrected chi connectivity index (χ1v) is 6.27. The second-order valence-corrected chi connectivity index (χ2v) is 5.68. The zero-order valence-corrected chi connectivity index (χ0v) is 11.4. The molecule has 0 saturated heterocycles. The molecule has 2 atom stereocenters. The Balaban J connectivity index is 2.49. The second-order valence-electron chi connectivity index (χ2n) is 5.68. The summed E-state index contributed by atoms with van der Waals surface area (Å²) in [4.78, 5) is 4.63. The lowest BCUT2D eigenvalue weighted by Crippen LogP contribution is -2.47. The highest BCUT2D eigenvalue weighted by Crippen LogP contribution is 2.38. The van der Waals surface area contributed by atoms with Crippen LogP contribution in [0.25, 0.3) is 0 Å². The normalized spacial score (nSPS) is 25.7. The van der Waals surface area contributed by atoms with Gasteiger partial charge in [-0.1, -0.05) is 13.8 Å². The summed E-state index contributed by atoms with van der Waals surface area (Å²) >= 11 is 0. The number of hydrogen-bond donors (Lipinski definition) is 3. The average Bonchev–Trinajstić information content (AvgIpc) is 2.57. The van der Waals surface area contributed by atoms with E-state index >= 15 is 0 Å². The van der Waals surface area contributed by atoms with E-state index in [9.17, 15) is 0 Å². The summed E-state index contributed by atoms with van der Waals surface area (Å²) in [6.45, 7) is 7.25. The SMILES string of the molecule is COCC(C)NC(=NC1CCC(C)(C)C1)NN. The molecule has 0 radical (unpaired) electrons. The predicted molar refractivity (Wildman–Crippen MR) is 70.7 cm³/mol. The standard InChI is InChI=1S/C12H26N4O/c1-9(8-17-4)14-11(16-13)15-10-5-6-12(2,3)7-10/h9-10H,5-8,13H2,1-4H3,(H2,14,15,16). The zero-order chi connectivity index (χ0) is 12.9. The number of hydrazine groups is 1. The predicted octanol–water partition coefficient (Wildman–Crippen LogP) is 1.01. The Kier molecular flexibility index (Phi) is 5.21. The molecule has 5 heteroatoms. The van der Waals surface area contributed by atoms with Crippen molar-refractivity contribution < 1.29 is 4.74 Å². The molecule has 1 fully saturated rings. The topological polar surface area (TPSA) is 71.7 Å². The second kappa shape index (κ2) is 6.21. The van der Waals surface area contributed by atoms with E-state index in [1.807, 2.05) is 6.92 Å². The Labute approximate surface area is 104 Å². The first-order valence-electron chi connectivity index (χ1n) is 6.27. The Morgan fingerprint density at radius 2 is 2.29 bits per heavy atom. The molecule has 0 aromatic rings. The first kappa shape index (κ1) is 14.3. The van der Waals surface area contributed by atoms with Gasteiger partial charge in [-0.05, 0) is 31.6 Å². The maximum atomic E-state index is 5.48. The van der Waals surface area contributed by atoms with Gasteiger partial charge in [-0.25, -0.2) is 10.8 Å². The molecule has 0 bridgehead atoms. The van der Waals surface area contributed by atoms with E-state index in [0.717, 1.165) is 12.8 Å². The fourth-order valence-electron chi connectivity index (χ4n) is 2.33. The van der Waals surface area contributed by atoms with Gasteiger partial charge in [-0.3, -0.25) is 5.43 Å². The van der Waals surface area contributed by atoms with Crippen molar-refractivity contribution >= 4 is 5.96 Å². The molecule has 0 heterocycles. The van der Waals surface area contributed by atoms with Crippen LogP contribution in [-0.2, 0) is 4.74 Å². The Hall–Kier alpha value is -0.810. The molecular formula is C12H26N4O. The number of aliphatic imine (C=N–C) groups is 1. The zero-order valence-electron chi connectivity index (χ0n) is 11.4. The minimum atomic E-state index is 0.198. The van der Waals surface area contributed by atoms with Crippen molar-refractivity contribution in [2.45, 2.75) is 52.1 Å². The highest BCUT2D eigenvalue weighted by molar-refractivity contribution is 5.79. The van der Waals surface area contributed by atoms with Crippen molar-refractivity contribution in [1.82, 2.24) is 10.7 Å². The molecule has 0 spiro atoms. The molecule has 1 rings (SSSR count). The number of nitrogens with zero attached hydrogens (tertiary/aromatic N) is 1. The van der Waals surface area contributed by atoms with Crippen LogP contribution in [0.15, 0.2) is 4.99 Å². The molecule has 5 nitrogen and oxygen atoms in total. The van der Waals surface area contributed by atoms with Crippen LogP contribution in [0.2, 0.25) is 0 Å².